The van der Waals surface area contributed by atoms with Gasteiger partial charge in [-0.1, -0.05) is 48.5 Å². The first kappa shape index (κ1) is 45.9. The molecular formula is C44H54N4O10. The number of hydrogen-bond acceptors (Lipinski definition) is 11. The van der Waals surface area contributed by atoms with Crippen LogP contribution in [0.4, 0.5) is 32.3 Å². The van der Waals surface area contributed by atoms with Gasteiger partial charge in [0.1, 0.15) is 16.8 Å². The number of rotatable bonds is 9. The second kappa shape index (κ2) is 19.1. The lowest BCUT2D eigenvalue weighted by Crippen LogP contribution is -2.41. The van der Waals surface area contributed by atoms with Gasteiger partial charge in [0.05, 0.1) is 36.1 Å². The minimum atomic E-state index is -0.793. The topological polar surface area (TPSA) is 181 Å². The molecule has 310 valence electrons. The SMILES string of the molecule is COC(=O)c1ccc(-c2ccccc2N(C(=O)OC(C)(C)C)C(C)C)cc1N.COC(=O)c1ccc(-c2ccccc2N(C(=O)OC(C)(C)C)C(C)C)cc1[N+](=O)[O-]. The molecule has 14 heteroatoms. The molecule has 0 aromatic heterocycles. The highest BCUT2D eigenvalue weighted by Gasteiger charge is 2.30. The Morgan fingerprint density at radius 3 is 1.36 bits per heavy atom. The summed E-state index contributed by atoms with van der Waals surface area (Å²) in [5, 5.41) is 11.5. The van der Waals surface area contributed by atoms with Crippen molar-refractivity contribution in [2.45, 2.75) is 92.5 Å². The van der Waals surface area contributed by atoms with Gasteiger partial charge in [-0.25, -0.2) is 19.2 Å². The second-order valence-electron chi connectivity index (χ2n) is 15.7. The van der Waals surface area contributed by atoms with Gasteiger partial charge >= 0.3 is 24.1 Å². The average molecular weight is 799 g/mol. The Kier molecular flexibility index (Phi) is 15.2. The summed E-state index contributed by atoms with van der Waals surface area (Å²) in [5.74, 6) is -1.28. The fourth-order valence-electron chi connectivity index (χ4n) is 5.81. The number of methoxy groups -OCH3 is 2. The normalized spacial score (nSPS) is 11.2. The first-order valence-corrected chi connectivity index (χ1v) is 18.6. The number of anilines is 3. The van der Waals surface area contributed by atoms with E-state index >= 15 is 0 Å². The zero-order chi connectivity index (χ0) is 43.7. The van der Waals surface area contributed by atoms with Crippen LogP contribution in [0.15, 0.2) is 84.9 Å². The fraction of sp³-hybridized carbons (Fsp3) is 0.364. The highest BCUT2D eigenvalue weighted by Crippen LogP contribution is 2.37. The molecule has 0 saturated carbocycles. The molecule has 0 unspecified atom stereocenters. The molecule has 0 fully saturated rings. The summed E-state index contributed by atoms with van der Waals surface area (Å²) in [6.07, 6.45) is -0.945. The van der Waals surface area contributed by atoms with Gasteiger partial charge in [0.15, 0.2) is 0 Å². The Morgan fingerprint density at radius 1 is 0.621 bits per heavy atom. The lowest BCUT2D eigenvalue weighted by atomic mass is 9.99. The van der Waals surface area contributed by atoms with Crippen molar-refractivity contribution < 1.29 is 43.0 Å². The number of nitrogens with zero attached hydrogens (tertiary/aromatic N) is 3. The van der Waals surface area contributed by atoms with E-state index in [1.165, 1.54) is 24.1 Å². The number of nitrogen functional groups attached to an aromatic ring is 1. The van der Waals surface area contributed by atoms with Crippen molar-refractivity contribution in [2.75, 3.05) is 29.8 Å². The van der Waals surface area contributed by atoms with Gasteiger partial charge in [-0.2, -0.15) is 0 Å². The number of nitrogens with two attached hydrogens (primary N) is 1. The van der Waals surface area contributed by atoms with Crippen molar-refractivity contribution in [1.82, 2.24) is 0 Å². The van der Waals surface area contributed by atoms with E-state index in [9.17, 15) is 29.3 Å². The summed E-state index contributed by atoms with van der Waals surface area (Å²) < 4.78 is 20.5. The number of nitro groups is 1. The molecule has 0 spiro atoms. The van der Waals surface area contributed by atoms with Crippen LogP contribution in [0.5, 0.6) is 0 Å². The minimum Gasteiger partial charge on any atom is -0.465 e. The van der Waals surface area contributed by atoms with E-state index in [1.807, 2.05) is 72.7 Å². The van der Waals surface area contributed by atoms with Crippen molar-refractivity contribution in [1.29, 1.82) is 0 Å². The van der Waals surface area contributed by atoms with E-state index in [2.05, 4.69) is 4.74 Å². The zero-order valence-electron chi connectivity index (χ0n) is 35.2. The molecule has 4 aromatic rings. The average Bonchev–Trinajstić information content (AvgIpc) is 3.13. The molecule has 0 atom stereocenters. The maximum atomic E-state index is 12.9. The summed E-state index contributed by atoms with van der Waals surface area (Å²) in [6.45, 7) is 18.4. The minimum absolute atomic E-state index is 0.123. The van der Waals surface area contributed by atoms with E-state index in [0.29, 0.717) is 33.8 Å². The highest BCUT2D eigenvalue weighted by atomic mass is 16.6. The Morgan fingerprint density at radius 2 is 1.00 bits per heavy atom. The van der Waals surface area contributed by atoms with E-state index in [0.717, 1.165) is 18.2 Å². The van der Waals surface area contributed by atoms with Crippen LogP contribution in [0.25, 0.3) is 22.3 Å². The Labute approximate surface area is 340 Å². The van der Waals surface area contributed by atoms with Gasteiger partial charge in [0, 0.05) is 35.0 Å². The van der Waals surface area contributed by atoms with Gasteiger partial charge in [0.2, 0.25) is 0 Å². The summed E-state index contributed by atoms with van der Waals surface area (Å²) in [7, 11) is 2.48. The van der Waals surface area contributed by atoms with E-state index in [-0.39, 0.29) is 23.3 Å². The van der Waals surface area contributed by atoms with Crippen LogP contribution in [0, 0.1) is 10.1 Å². The van der Waals surface area contributed by atoms with Crippen LogP contribution in [0.3, 0.4) is 0 Å². The number of benzene rings is 4. The molecule has 2 N–H and O–H groups in total. The highest BCUT2D eigenvalue weighted by molar-refractivity contribution is 5.99. The Bertz CT molecular complexity index is 2130. The Balaban J connectivity index is 0.000000311. The molecule has 0 radical (unpaired) electrons. The molecule has 4 rings (SSSR count). The van der Waals surface area contributed by atoms with Crippen LogP contribution >= 0.6 is 0 Å². The van der Waals surface area contributed by atoms with Crippen molar-refractivity contribution in [3.8, 4) is 22.3 Å². The molecule has 0 bridgehead atoms. The third-order valence-corrected chi connectivity index (χ3v) is 8.22. The molecule has 0 saturated heterocycles. The van der Waals surface area contributed by atoms with Gasteiger partial charge in [-0.05, 0) is 111 Å². The van der Waals surface area contributed by atoms with Gasteiger partial charge in [-0.3, -0.25) is 19.9 Å². The number of carbonyl (C=O) groups excluding carboxylic acids is 4. The zero-order valence-corrected chi connectivity index (χ0v) is 35.2. The van der Waals surface area contributed by atoms with E-state index in [4.69, 9.17) is 19.9 Å². The standard InChI is InChI=1S/C22H26N2O6.C22H28N2O4/c1-14(2)23(21(26)30-22(3,4)5)18-10-8-7-9-16(18)15-11-12-17(20(25)29-6)19(13-15)24(27)28;1-14(2)24(21(26)28-22(3,4)5)19-10-8-7-9-16(19)15-11-12-17(18(23)13-15)20(25)27-6/h7-14H,1-6H3;7-14H,23H2,1-6H3. The molecule has 4 aromatic carbocycles. The number of nitro benzene ring substituents is 1. The van der Waals surface area contributed by atoms with Crippen LogP contribution in [0.2, 0.25) is 0 Å². The summed E-state index contributed by atoms with van der Waals surface area (Å²) in [6, 6.07) is 23.6. The van der Waals surface area contributed by atoms with Gasteiger partial charge in [0.25, 0.3) is 5.69 Å². The summed E-state index contributed by atoms with van der Waals surface area (Å²) in [5.41, 5.74) is 8.80. The van der Waals surface area contributed by atoms with Crippen molar-refractivity contribution in [3.63, 3.8) is 0 Å². The molecule has 14 nitrogen and oxygen atoms in total. The molecule has 58 heavy (non-hydrogen) atoms. The van der Waals surface area contributed by atoms with Crippen molar-refractivity contribution >= 4 is 46.9 Å². The summed E-state index contributed by atoms with van der Waals surface area (Å²) >= 11 is 0. The second-order valence-corrected chi connectivity index (χ2v) is 15.7. The van der Waals surface area contributed by atoms with Crippen LogP contribution in [-0.4, -0.2) is 66.6 Å². The van der Waals surface area contributed by atoms with Crippen LogP contribution < -0.4 is 15.5 Å². The Hall–Kier alpha value is -6.44. The van der Waals surface area contributed by atoms with Gasteiger partial charge in [-0.15, -0.1) is 0 Å². The number of ether oxygens (including phenoxy) is 4. The third kappa shape index (κ3) is 11.8. The largest absolute Gasteiger partial charge is 0.465 e. The molecule has 2 amide bonds. The predicted molar refractivity (Wildman–Crippen MR) is 225 cm³/mol. The van der Waals surface area contributed by atoms with E-state index < -0.39 is 40.3 Å². The van der Waals surface area contributed by atoms with Crippen LogP contribution in [0.1, 0.15) is 90.0 Å². The third-order valence-electron chi connectivity index (χ3n) is 8.22. The molecule has 0 aliphatic carbocycles. The number of esters is 2. The van der Waals surface area contributed by atoms with Crippen molar-refractivity contribution in [2.24, 2.45) is 0 Å². The maximum absolute atomic E-state index is 12.9. The first-order valence-electron chi connectivity index (χ1n) is 18.6. The molecule has 0 heterocycles. The number of hydrogen-bond donors (Lipinski definition) is 1. The van der Waals surface area contributed by atoms with Crippen molar-refractivity contribution in [3.05, 3.63) is 106 Å². The summed E-state index contributed by atoms with van der Waals surface area (Å²) in [4.78, 5) is 63.4. The monoisotopic (exact) mass is 798 g/mol. The maximum Gasteiger partial charge on any atom is 0.415 e. The number of amides is 2. The predicted octanol–water partition coefficient (Wildman–Crippen LogP) is 10.1. The van der Waals surface area contributed by atoms with E-state index in [1.54, 1.807) is 74.2 Å². The quantitative estimate of drug-likeness (QED) is 0.0559. The first-order chi connectivity index (χ1) is 27.0. The van der Waals surface area contributed by atoms with Gasteiger partial charge < -0.3 is 24.7 Å². The number of para-hydroxylation sites is 2. The molecule has 0 aliphatic heterocycles. The number of carbonyl (C=O) groups is 4. The fourth-order valence-corrected chi connectivity index (χ4v) is 5.81. The van der Waals surface area contributed by atoms with Crippen LogP contribution in [-0.2, 0) is 18.9 Å². The smallest absolute Gasteiger partial charge is 0.415 e. The lowest BCUT2D eigenvalue weighted by Gasteiger charge is -2.31. The molecule has 0 aliphatic rings. The molecular weight excluding hydrogens is 745 g/mol. The lowest BCUT2D eigenvalue weighted by molar-refractivity contribution is -0.385.